The minimum Gasteiger partial charge on any atom is -0.465 e. The number of aromatic nitrogens is 5. The fourth-order valence-electron chi connectivity index (χ4n) is 4.69. The molecule has 1 atom stereocenters. The lowest BCUT2D eigenvalue weighted by atomic mass is 9.96. The van der Waals surface area contributed by atoms with Crippen molar-refractivity contribution in [1.29, 1.82) is 0 Å². The first-order valence-corrected chi connectivity index (χ1v) is 12.7. The first kappa shape index (κ1) is 24.7. The number of imidazole rings is 1. The largest absolute Gasteiger partial charge is 0.465 e. The van der Waals surface area contributed by atoms with Crippen LogP contribution in [0.3, 0.4) is 0 Å². The van der Waals surface area contributed by atoms with Crippen LogP contribution in [-0.4, -0.2) is 37.4 Å². The molecular formula is C28H27BrN6O2. The van der Waals surface area contributed by atoms with E-state index in [1.807, 2.05) is 42.9 Å². The lowest BCUT2D eigenvalue weighted by Gasteiger charge is -2.16. The summed E-state index contributed by atoms with van der Waals surface area (Å²) < 4.78 is 9.80. The zero-order chi connectivity index (χ0) is 26.3. The maximum Gasteiger partial charge on any atom is 0.337 e. The third-order valence-corrected chi connectivity index (χ3v) is 7.01. The smallest absolute Gasteiger partial charge is 0.337 e. The summed E-state index contributed by atoms with van der Waals surface area (Å²) in [6.45, 7) is 4.72. The van der Waals surface area contributed by atoms with Crippen LogP contribution in [-0.2, 0) is 18.3 Å². The van der Waals surface area contributed by atoms with Crippen molar-refractivity contribution in [3.63, 3.8) is 0 Å². The first-order chi connectivity index (χ1) is 17.7. The molecule has 188 valence electrons. The van der Waals surface area contributed by atoms with Crippen LogP contribution in [0.4, 0.5) is 5.95 Å². The van der Waals surface area contributed by atoms with E-state index >= 15 is 0 Å². The van der Waals surface area contributed by atoms with Crippen LogP contribution >= 0.6 is 15.9 Å². The van der Waals surface area contributed by atoms with Gasteiger partial charge in [0.25, 0.3) is 0 Å². The summed E-state index contributed by atoms with van der Waals surface area (Å²) in [5.74, 6) is 0.265. The predicted octanol–water partition coefficient (Wildman–Crippen LogP) is 5.74. The molecule has 0 aliphatic heterocycles. The van der Waals surface area contributed by atoms with Gasteiger partial charge in [0, 0.05) is 34.9 Å². The van der Waals surface area contributed by atoms with Crippen molar-refractivity contribution >= 4 is 38.9 Å². The first-order valence-electron chi connectivity index (χ1n) is 11.9. The third kappa shape index (κ3) is 4.74. The number of hydrogen-bond acceptors (Lipinski definition) is 6. The number of carbonyl (C=O) groups is 1. The number of fused-ring (bicyclic) bond motifs is 1. The number of anilines is 1. The number of nitrogen functional groups attached to an aromatic ring is 1. The Hall–Kier alpha value is -3.98. The van der Waals surface area contributed by atoms with E-state index in [1.165, 1.54) is 7.11 Å². The molecule has 0 saturated carbocycles. The van der Waals surface area contributed by atoms with E-state index < -0.39 is 5.97 Å². The van der Waals surface area contributed by atoms with Gasteiger partial charge in [0.1, 0.15) is 0 Å². The number of benzene rings is 2. The van der Waals surface area contributed by atoms with Crippen molar-refractivity contribution in [2.24, 2.45) is 7.05 Å². The summed E-state index contributed by atoms with van der Waals surface area (Å²) in [6, 6.07) is 17.8. The Morgan fingerprint density at radius 3 is 2.73 bits per heavy atom. The van der Waals surface area contributed by atoms with E-state index in [1.54, 1.807) is 18.3 Å². The quantitative estimate of drug-likeness (QED) is 0.266. The Kier molecular flexibility index (Phi) is 6.55. The molecule has 1 unspecified atom stereocenters. The van der Waals surface area contributed by atoms with Gasteiger partial charge in [-0.05, 0) is 54.8 Å². The van der Waals surface area contributed by atoms with E-state index in [0.29, 0.717) is 23.8 Å². The Balaban J connectivity index is 1.52. The number of esters is 1. The van der Waals surface area contributed by atoms with Gasteiger partial charge in [0.05, 0.1) is 41.3 Å². The number of aryl methyl sites for hydroxylation is 2. The number of halogens is 1. The Morgan fingerprint density at radius 1 is 1.14 bits per heavy atom. The maximum absolute atomic E-state index is 12.2. The summed E-state index contributed by atoms with van der Waals surface area (Å²) in [5.41, 5.74) is 13.9. The van der Waals surface area contributed by atoms with Crippen molar-refractivity contribution in [3.8, 4) is 22.5 Å². The number of carbonyl (C=O) groups excluding carboxylic acids is 1. The molecule has 0 aliphatic rings. The van der Waals surface area contributed by atoms with E-state index in [2.05, 4.69) is 60.7 Å². The molecule has 0 bridgehead atoms. The summed E-state index contributed by atoms with van der Waals surface area (Å²) >= 11 is 3.55. The molecule has 2 N–H and O–H groups in total. The van der Waals surface area contributed by atoms with E-state index in [4.69, 9.17) is 10.5 Å². The minimum absolute atomic E-state index is 0.165. The molecule has 5 aromatic rings. The van der Waals surface area contributed by atoms with Crippen LogP contribution < -0.4 is 5.73 Å². The maximum atomic E-state index is 12.2. The van der Waals surface area contributed by atoms with Crippen molar-refractivity contribution in [2.45, 2.75) is 26.3 Å². The topological polar surface area (TPSA) is 101 Å². The molecule has 2 aromatic carbocycles. The summed E-state index contributed by atoms with van der Waals surface area (Å²) in [5, 5.41) is 4.51. The average molecular weight is 559 g/mol. The van der Waals surface area contributed by atoms with E-state index in [0.717, 1.165) is 43.6 Å². The van der Waals surface area contributed by atoms with Crippen molar-refractivity contribution in [3.05, 3.63) is 82.1 Å². The van der Waals surface area contributed by atoms with Gasteiger partial charge in [-0.3, -0.25) is 9.67 Å². The van der Waals surface area contributed by atoms with E-state index in [-0.39, 0.29) is 5.92 Å². The standard InChI is InChI=1S/C28H27BrN6O2/c1-16(15-35-25-13-21(29)8-9-23(25)33-28(35)30)18-6-5-7-19(11-18)26-22(14-31-34(26)3)24-12-20(27(36)37-4)10-17(2)32-24/h5-14,16H,15H2,1-4H3,(H2,30,33). The number of pyridine rings is 1. The van der Waals surface area contributed by atoms with Crippen LogP contribution in [0.5, 0.6) is 0 Å². The Labute approximate surface area is 223 Å². The molecule has 8 nitrogen and oxygen atoms in total. The number of methoxy groups -OCH3 is 1. The molecule has 0 aliphatic carbocycles. The second-order valence-corrected chi connectivity index (χ2v) is 10.1. The molecule has 3 aromatic heterocycles. The molecule has 9 heteroatoms. The zero-order valence-electron chi connectivity index (χ0n) is 21.1. The number of nitrogens with zero attached hydrogens (tertiary/aromatic N) is 5. The fourth-order valence-corrected chi connectivity index (χ4v) is 5.04. The molecule has 0 saturated heterocycles. The Bertz CT molecular complexity index is 1640. The molecule has 0 amide bonds. The molecule has 0 fully saturated rings. The highest BCUT2D eigenvalue weighted by atomic mass is 79.9. The van der Waals surface area contributed by atoms with Crippen LogP contribution in [0, 0.1) is 6.92 Å². The number of nitrogens with two attached hydrogens (primary N) is 1. The van der Waals surface area contributed by atoms with Gasteiger partial charge < -0.3 is 15.0 Å². The highest BCUT2D eigenvalue weighted by molar-refractivity contribution is 9.10. The van der Waals surface area contributed by atoms with Gasteiger partial charge in [-0.1, -0.05) is 41.1 Å². The normalized spacial score (nSPS) is 12.1. The van der Waals surface area contributed by atoms with Crippen LogP contribution in [0.15, 0.2) is 65.3 Å². The SMILES string of the molecule is COC(=O)c1cc(C)nc(-c2cnn(C)c2-c2cccc(C(C)Cn3c(N)nc4ccc(Br)cc43)c2)c1. The van der Waals surface area contributed by atoms with Gasteiger partial charge in [0.2, 0.25) is 5.95 Å². The van der Waals surface area contributed by atoms with Gasteiger partial charge in [0.15, 0.2) is 0 Å². The van der Waals surface area contributed by atoms with Crippen LogP contribution in [0.25, 0.3) is 33.5 Å². The Morgan fingerprint density at radius 2 is 1.95 bits per heavy atom. The van der Waals surface area contributed by atoms with Crippen molar-refractivity contribution in [2.75, 3.05) is 12.8 Å². The molecule has 5 rings (SSSR count). The summed E-state index contributed by atoms with van der Waals surface area (Å²) in [4.78, 5) is 21.4. The molecular weight excluding hydrogens is 532 g/mol. The number of ether oxygens (including phenoxy) is 1. The molecule has 0 spiro atoms. The summed E-state index contributed by atoms with van der Waals surface area (Å²) in [7, 11) is 3.28. The van der Waals surface area contributed by atoms with Gasteiger partial charge in [-0.2, -0.15) is 5.10 Å². The zero-order valence-corrected chi connectivity index (χ0v) is 22.7. The monoisotopic (exact) mass is 558 g/mol. The third-order valence-electron chi connectivity index (χ3n) is 6.51. The fraction of sp³-hybridized carbons (Fsp3) is 0.214. The summed E-state index contributed by atoms with van der Waals surface area (Å²) in [6.07, 6.45) is 1.78. The second kappa shape index (κ2) is 9.82. The van der Waals surface area contributed by atoms with E-state index in [9.17, 15) is 4.79 Å². The number of rotatable bonds is 6. The lowest BCUT2D eigenvalue weighted by Crippen LogP contribution is -2.09. The minimum atomic E-state index is -0.397. The highest BCUT2D eigenvalue weighted by Crippen LogP contribution is 2.34. The van der Waals surface area contributed by atoms with Crippen molar-refractivity contribution < 1.29 is 9.53 Å². The lowest BCUT2D eigenvalue weighted by molar-refractivity contribution is 0.0600. The van der Waals surface area contributed by atoms with Crippen LogP contribution in [0.1, 0.15) is 34.5 Å². The predicted molar refractivity (Wildman–Crippen MR) is 148 cm³/mol. The highest BCUT2D eigenvalue weighted by Gasteiger charge is 2.19. The van der Waals surface area contributed by atoms with Gasteiger partial charge in [-0.15, -0.1) is 0 Å². The van der Waals surface area contributed by atoms with Gasteiger partial charge >= 0.3 is 5.97 Å². The molecule has 37 heavy (non-hydrogen) atoms. The molecule has 3 heterocycles. The van der Waals surface area contributed by atoms with Crippen LogP contribution in [0.2, 0.25) is 0 Å². The second-order valence-electron chi connectivity index (χ2n) is 9.14. The van der Waals surface area contributed by atoms with Crippen molar-refractivity contribution in [1.82, 2.24) is 24.3 Å². The molecule has 0 radical (unpaired) electrons. The van der Waals surface area contributed by atoms with Gasteiger partial charge in [-0.25, -0.2) is 9.78 Å². The average Bonchev–Trinajstić information content (AvgIpc) is 3.42. The number of hydrogen-bond donors (Lipinski definition) is 1.